The van der Waals surface area contributed by atoms with Gasteiger partial charge in [-0.05, 0) is 54.4 Å². The van der Waals surface area contributed by atoms with Gasteiger partial charge in [-0.2, -0.15) is 13.2 Å². The Morgan fingerprint density at radius 1 is 1.17 bits per heavy atom. The number of anilines is 1. The number of halogens is 4. The number of nitrogens with zero attached hydrogens (tertiary/aromatic N) is 1. The minimum Gasteiger partial charge on any atom is -0.489 e. The molecule has 5 nitrogen and oxygen atoms in total. The predicted molar refractivity (Wildman–Crippen MR) is 103 cm³/mol. The van der Waals surface area contributed by atoms with Crippen LogP contribution >= 0.6 is 11.6 Å². The zero-order valence-electron chi connectivity index (χ0n) is 15.4. The molecule has 0 atom stereocenters. The molecule has 0 fully saturated rings. The first-order valence-corrected chi connectivity index (χ1v) is 8.80. The summed E-state index contributed by atoms with van der Waals surface area (Å²) in [5.41, 5.74) is 1.21. The van der Waals surface area contributed by atoms with E-state index in [1.54, 1.807) is 37.3 Å². The Hall–Kier alpha value is -3.00. The van der Waals surface area contributed by atoms with E-state index in [2.05, 4.69) is 15.0 Å². The SMILES string of the molecule is COC(=O)Nc1ccc(OCc2ccc3nc(C(F)(F)F)cc(Cl)c3c2)cc1C. The van der Waals surface area contributed by atoms with Crippen molar-refractivity contribution >= 4 is 34.3 Å². The van der Waals surface area contributed by atoms with Crippen molar-refractivity contribution in [3.8, 4) is 5.75 Å². The number of methoxy groups -OCH3 is 1. The molecule has 0 saturated heterocycles. The van der Waals surface area contributed by atoms with Gasteiger partial charge in [0.05, 0.1) is 17.6 Å². The molecule has 0 aliphatic rings. The Labute approximate surface area is 169 Å². The third kappa shape index (κ3) is 4.89. The molecule has 0 spiro atoms. The van der Waals surface area contributed by atoms with E-state index in [0.717, 1.165) is 17.2 Å². The topological polar surface area (TPSA) is 60.5 Å². The van der Waals surface area contributed by atoms with Crippen molar-refractivity contribution in [2.24, 2.45) is 0 Å². The first kappa shape index (κ1) is 20.7. The van der Waals surface area contributed by atoms with Gasteiger partial charge in [0, 0.05) is 11.1 Å². The molecule has 0 saturated carbocycles. The van der Waals surface area contributed by atoms with Gasteiger partial charge in [0.2, 0.25) is 0 Å². The number of aryl methyl sites for hydroxylation is 1. The van der Waals surface area contributed by atoms with E-state index in [-0.39, 0.29) is 17.1 Å². The molecule has 0 bridgehead atoms. The van der Waals surface area contributed by atoms with Gasteiger partial charge in [0.15, 0.2) is 0 Å². The van der Waals surface area contributed by atoms with E-state index in [1.807, 2.05) is 0 Å². The van der Waals surface area contributed by atoms with Gasteiger partial charge >= 0.3 is 12.3 Å². The molecule has 29 heavy (non-hydrogen) atoms. The van der Waals surface area contributed by atoms with Crippen LogP contribution in [0.2, 0.25) is 5.02 Å². The number of carbonyl (C=O) groups excluding carboxylic acids is 1. The van der Waals surface area contributed by atoms with Crippen LogP contribution in [0, 0.1) is 6.92 Å². The molecule has 0 unspecified atom stereocenters. The molecule has 1 heterocycles. The number of carbonyl (C=O) groups is 1. The maximum atomic E-state index is 12.9. The first-order chi connectivity index (χ1) is 13.7. The highest BCUT2D eigenvalue weighted by Crippen LogP contribution is 2.33. The average Bonchev–Trinajstić information content (AvgIpc) is 2.67. The quantitative estimate of drug-likeness (QED) is 0.560. The minimum atomic E-state index is -4.56. The summed E-state index contributed by atoms with van der Waals surface area (Å²) in [6, 6.07) is 10.7. The molecule has 3 aromatic rings. The highest BCUT2D eigenvalue weighted by molar-refractivity contribution is 6.35. The maximum absolute atomic E-state index is 12.9. The third-order valence-corrected chi connectivity index (χ3v) is 4.45. The van der Waals surface area contributed by atoms with Crippen LogP contribution in [0.15, 0.2) is 42.5 Å². The van der Waals surface area contributed by atoms with Crippen LogP contribution < -0.4 is 10.1 Å². The Balaban J connectivity index is 1.76. The molecule has 1 amide bonds. The number of pyridine rings is 1. The molecule has 0 aliphatic heterocycles. The van der Waals surface area contributed by atoms with E-state index in [9.17, 15) is 18.0 Å². The fraction of sp³-hybridized carbons (Fsp3) is 0.200. The van der Waals surface area contributed by atoms with E-state index < -0.39 is 18.0 Å². The van der Waals surface area contributed by atoms with Crippen LogP contribution in [0.3, 0.4) is 0 Å². The molecule has 0 radical (unpaired) electrons. The number of hydrogen-bond donors (Lipinski definition) is 1. The highest BCUT2D eigenvalue weighted by atomic mass is 35.5. The fourth-order valence-electron chi connectivity index (χ4n) is 2.66. The van der Waals surface area contributed by atoms with Crippen LogP contribution in [0.25, 0.3) is 10.9 Å². The number of rotatable bonds is 4. The Kier molecular flexibility index (Phi) is 5.83. The highest BCUT2D eigenvalue weighted by Gasteiger charge is 2.33. The maximum Gasteiger partial charge on any atom is 0.433 e. The number of nitrogens with one attached hydrogen (secondary N) is 1. The second kappa shape index (κ2) is 8.16. The second-order valence-electron chi connectivity index (χ2n) is 6.22. The minimum absolute atomic E-state index is 0.0294. The molecule has 9 heteroatoms. The summed E-state index contributed by atoms with van der Waals surface area (Å²) in [6.07, 6.45) is -5.14. The van der Waals surface area contributed by atoms with Crippen LogP contribution in [-0.2, 0) is 17.5 Å². The average molecular weight is 425 g/mol. The van der Waals surface area contributed by atoms with E-state index in [4.69, 9.17) is 16.3 Å². The summed E-state index contributed by atoms with van der Waals surface area (Å²) in [7, 11) is 1.28. The number of fused-ring (bicyclic) bond motifs is 1. The molecular weight excluding hydrogens is 409 g/mol. The molecule has 2 aromatic carbocycles. The summed E-state index contributed by atoms with van der Waals surface area (Å²) >= 11 is 6.02. The summed E-state index contributed by atoms with van der Waals surface area (Å²) < 4.78 is 48.9. The number of aromatic nitrogens is 1. The van der Waals surface area contributed by atoms with Crippen molar-refractivity contribution in [2.45, 2.75) is 19.7 Å². The van der Waals surface area contributed by atoms with Crippen molar-refractivity contribution in [1.29, 1.82) is 0 Å². The lowest BCUT2D eigenvalue weighted by atomic mass is 10.1. The summed E-state index contributed by atoms with van der Waals surface area (Å²) in [5, 5.41) is 2.97. The number of hydrogen-bond acceptors (Lipinski definition) is 4. The number of ether oxygens (including phenoxy) is 2. The first-order valence-electron chi connectivity index (χ1n) is 8.42. The lowest BCUT2D eigenvalue weighted by Crippen LogP contribution is -2.11. The van der Waals surface area contributed by atoms with Crippen LogP contribution in [0.5, 0.6) is 5.75 Å². The van der Waals surface area contributed by atoms with Gasteiger partial charge in [0.25, 0.3) is 0 Å². The molecule has 1 N–H and O–H groups in total. The summed E-state index contributed by atoms with van der Waals surface area (Å²) in [6.45, 7) is 1.98. The van der Waals surface area contributed by atoms with Crippen LogP contribution in [-0.4, -0.2) is 18.2 Å². The lowest BCUT2D eigenvalue weighted by Gasteiger charge is -2.12. The van der Waals surface area contributed by atoms with Gasteiger partial charge in [-0.1, -0.05) is 17.7 Å². The molecular formula is C20H16ClF3N2O3. The van der Waals surface area contributed by atoms with Gasteiger partial charge in [-0.3, -0.25) is 5.32 Å². The van der Waals surface area contributed by atoms with Gasteiger partial charge in [-0.25, -0.2) is 9.78 Å². The van der Waals surface area contributed by atoms with Crippen molar-refractivity contribution in [3.05, 3.63) is 64.3 Å². The van der Waals surface area contributed by atoms with Crippen molar-refractivity contribution in [1.82, 2.24) is 4.98 Å². The largest absolute Gasteiger partial charge is 0.489 e. The zero-order chi connectivity index (χ0) is 21.2. The van der Waals surface area contributed by atoms with Gasteiger partial charge in [0.1, 0.15) is 18.1 Å². The monoisotopic (exact) mass is 424 g/mol. The third-order valence-electron chi connectivity index (χ3n) is 4.14. The number of alkyl halides is 3. The van der Waals surface area contributed by atoms with Crippen LogP contribution in [0.1, 0.15) is 16.8 Å². The molecule has 1 aromatic heterocycles. The smallest absolute Gasteiger partial charge is 0.433 e. The fourth-order valence-corrected chi connectivity index (χ4v) is 2.92. The Morgan fingerprint density at radius 2 is 1.93 bits per heavy atom. The van der Waals surface area contributed by atoms with Crippen molar-refractivity contribution < 1.29 is 27.4 Å². The van der Waals surface area contributed by atoms with Crippen LogP contribution in [0.4, 0.5) is 23.7 Å². The Bertz CT molecular complexity index is 1070. The predicted octanol–water partition coefficient (Wildman–Crippen LogP) is 5.97. The van der Waals surface area contributed by atoms with Crippen molar-refractivity contribution in [3.63, 3.8) is 0 Å². The lowest BCUT2D eigenvalue weighted by molar-refractivity contribution is -0.140. The zero-order valence-corrected chi connectivity index (χ0v) is 16.2. The van der Waals surface area contributed by atoms with Crippen molar-refractivity contribution in [2.75, 3.05) is 12.4 Å². The molecule has 0 aliphatic carbocycles. The van der Waals surface area contributed by atoms with E-state index in [0.29, 0.717) is 16.8 Å². The van der Waals surface area contributed by atoms with E-state index >= 15 is 0 Å². The normalized spacial score (nSPS) is 11.4. The number of benzene rings is 2. The summed E-state index contributed by atoms with van der Waals surface area (Å²) in [5.74, 6) is 0.564. The molecule has 152 valence electrons. The Morgan fingerprint density at radius 3 is 2.59 bits per heavy atom. The number of amides is 1. The molecule has 3 rings (SSSR count). The summed E-state index contributed by atoms with van der Waals surface area (Å²) in [4.78, 5) is 14.9. The standard InChI is InChI=1S/C20H16ClF3N2O3/c1-11-7-13(4-6-16(11)26-19(27)28-2)29-10-12-3-5-17-14(8-12)15(21)9-18(25-17)20(22,23)24/h3-9H,10H2,1-2H3,(H,26,27). The van der Waals surface area contributed by atoms with Gasteiger partial charge < -0.3 is 9.47 Å². The van der Waals surface area contributed by atoms with E-state index in [1.165, 1.54) is 13.2 Å². The second-order valence-corrected chi connectivity index (χ2v) is 6.63. The van der Waals surface area contributed by atoms with Gasteiger partial charge in [-0.15, -0.1) is 0 Å².